The molecule has 0 aliphatic heterocycles. The molecule has 18 heavy (non-hydrogen) atoms. The van der Waals surface area contributed by atoms with E-state index in [1.54, 1.807) is 12.3 Å². The van der Waals surface area contributed by atoms with Crippen molar-refractivity contribution in [2.75, 3.05) is 6.61 Å². The second kappa shape index (κ2) is 7.38. The van der Waals surface area contributed by atoms with Crippen LogP contribution in [0.15, 0.2) is 5.38 Å². The maximum atomic E-state index is 11.4. The zero-order valence-electron chi connectivity index (χ0n) is 10.2. The fourth-order valence-electron chi connectivity index (χ4n) is 1.21. The lowest BCUT2D eigenvalue weighted by Gasteiger charge is -2.07. The number of carbonyl (C=O) groups is 2. The molecule has 0 saturated carbocycles. The van der Waals surface area contributed by atoms with Crippen LogP contribution < -0.4 is 0 Å². The normalized spacial score (nSPS) is 12.1. The lowest BCUT2D eigenvalue weighted by Crippen LogP contribution is -2.15. The molecule has 0 aliphatic rings. The first-order chi connectivity index (χ1) is 8.58. The van der Waals surface area contributed by atoms with Crippen molar-refractivity contribution in [3.63, 3.8) is 0 Å². The maximum absolute atomic E-state index is 11.4. The van der Waals surface area contributed by atoms with Crippen LogP contribution in [0.3, 0.4) is 0 Å². The molecule has 5 nitrogen and oxygen atoms in total. The Hall–Kier alpha value is -1.08. The Labute approximate surface area is 114 Å². The maximum Gasteiger partial charge on any atom is 0.367 e. The van der Waals surface area contributed by atoms with Gasteiger partial charge in [-0.1, -0.05) is 6.92 Å². The molecule has 0 aliphatic carbocycles. The van der Waals surface area contributed by atoms with Gasteiger partial charge in [0.1, 0.15) is 5.25 Å². The first-order valence-corrected chi connectivity index (χ1v) is 7.47. The van der Waals surface area contributed by atoms with Crippen molar-refractivity contribution in [1.82, 2.24) is 4.98 Å². The third-order valence-electron chi connectivity index (χ3n) is 2.08. The van der Waals surface area contributed by atoms with Crippen LogP contribution in [-0.4, -0.2) is 33.9 Å². The number of aliphatic carboxylic acids is 1. The number of rotatable bonds is 7. The molecule has 1 atom stereocenters. The molecule has 0 aromatic carbocycles. The zero-order valence-corrected chi connectivity index (χ0v) is 11.8. The molecule has 0 amide bonds. The molecule has 1 aromatic rings. The van der Waals surface area contributed by atoms with Gasteiger partial charge in [-0.25, -0.2) is 9.78 Å². The quantitative estimate of drug-likeness (QED) is 0.777. The molecule has 100 valence electrons. The molecule has 0 bridgehead atoms. The van der Waals surface area contributed by atoms with Crippen LogP contribution in [0.1, 0.15) is 35.8 Å². The fraction of sp³-hybridized carbons (Fsp3) is 0.545. The minimum Gasteiger partial charge on any atom is -0.480 e. The molecule has 1 N–H and O–H groups in total. The number of carbonyl (C=O) groups excluding carboxylic acids is 1. The van der Waals surface area contributed by atoms with Crippen LogP contribution in [0.5, 0.6) is 0 Å². The highest BCUT2D eigenvalue weighted by molar-refractivity contribution is 7.99. The number of thiazole rings is 1. The van der Waals surface area contributed by atoms with Crippen LogP contribution in [-0.2, 0) is 15.3 Å². The zero-order chi connectivity index (χ0) is 13.5. The summed E-state index contributed by atoms with van der Waals surface area (Å²) in [5.74, 6) is -0.756. The highest BCUT2D eigenvalue weighted by Crippen LogP contribution is 2.22. The predicted molar refractivity (Wildman–Crippen MR) is 71.1 cm³/mol. The van der Waals surface area contributed by atoms with Gasteiger partial charge in [0.05, 0.1) is 12.3 Å². The molecule has 0 saturated heterocycles. The summed E-state index contributed by atoms with van der Waals surface area (Å²) in [5, 5.41) is 10.5. The van der Waals surface area contributed by atoms with Gasteiger partial charge in [-0.05, 0) is 13.3 Å². The van der Waals surface area contributed by atoms with Gasteiger partial charge >= 0.3 is 11.9 Å². The average Bonchev–Trinajstić information content (AvgIpc) is 2.78. The second-order valence-electron chi connectivity index (χ2n) is 3.41. The van der Waals surface area contributed by atoms with E-state index in [0.717, 1.165) is 0 Å². The summed E-state index contributed by atoms with van der Waals surface area (Å²) >= 11 is 2.53. The molecule has 7 heteroatoms. The van der Waals surface area contributed by atoms with Crippen molar-refractivity contribution < 1.29 is 19.4 Å². The third-order valence-corrected chi connectivity index (χ3v) is 4.35. The van der Waals surface area contributed by atoms with E-state index in [2.05, 4.69) is 4.98 Å². The number of esters is 1. The topological polar surface area (TPSA) is 76.5 Å². The van der Waals surface area contributed by atoms with E-state index < -0.39 is 17.2 Å². The molecular weight excluding hydrogens is 274 g/mol. The largest absolute Gasteiger partial charge is 0.480 e. The van der Waals surface area contributed by atoms with Crippen LogP contribution in [0.4, 0.5) is 0 Å². The Morgan fingerprint density at radius 2 is 2.28 bits per heavy atom. The number of ether oxygens (including phenoxy) is 1. The van der Waals surface area contributed by atoms with Gasteiger partial charge in [0.2, 0.25) is 5.01 Å². The first kappa shape index (κ1) is 15.0. The van der Waals surface area contributed by atoms with Crippen LogP contribution in [0.25, 0.3) is 0 Å². The van der Waals surface area contributed by atoms with Crippen LogP contribution in [0, 0.1) is 0 Å². The van der Waals surface area contributed by atoms with Gasteiger partial charge in [0.15, 0.2) is 0 Å². The number of aromatic nitrogens is 1. The summed E-state index contributed by atoms with van der Waals surface area (Å²) in [4.78, 5) is 26.3. The van der Waals surface area contributed by atoms with Crippen molar-refractivity contribution in [1.29, 1.82) is 0 Å². The minimum absolute atomic E-state index is 0.316. The van der Waals surface area contributed by atoms with Gasteiger partial charge in [0.25, 0.3) is 0 Å². The Bertz CT molecular complexity index is 419. The van der Waals surface area contributed by atoms with Gasteiger partial charge in [0, 0.05) is 11.1 Å². The molecule has 0 spiro atoms. The summed E-state index contributed by atoms with van der Waals surface area (Å²) in [7, 11) is 0. The Balaban J connectivity index is 2.54. The summed E-state index contributed by atoms with van der Waals surface area (Å²) in [5.41, 5.74) is 0.716. The van der Waals surface area contributed by atoms with Gasteiger partial charge in [-0.2, -0.15) is 0 Å². The smallest absolute Gasteiger partial charge is 0.367 e. The van der Waals surface area contributed by atoms with E-state index in [1.165, 1.54) is 23.1 Å². The minimum atomic E-state index is -0.816. The third kappa shape index (κ3) is 4.30. The van der Waals surface area contributed by atoms with Crippen molar-refractivity contribution in [3.8, 4) is 0 Å². The summed E-state index contributed by atoms with van der Waals surface area (Å²) in [6.45, 7) is 3.89. The van der Waals surface area contributed by atoms with Gasteiger partial charge in [-0.3, -0.25) is 4.79 Å². The Morgan fingerprint density at radius 1 is 1.56 bits per heavy atom. The second-order valence-corrected chi connectivity index (χ2v) is 5.46. The SMILES string of the molecule is CCOC(=O)c1nc(CSC(CC)C(=O)O)cs1. The van der Waals surface area contributed by atoms with Gasteiger partial charge < -0.3 is 9.84 Å². The highest BCUT2D eigenvalue weighted by Gasteiger charge is 2.17. The van der Waals surface area contributed by atoms with Crippen molar-refractivity contribution in [2.24, 2.45) is 0 Å². The van der Waals surface area contributed by atoms with E-state index >= 15 is 0 Å². The van der Waals surface area contributed by atoms with Crippen LogP contribution in [0.2, 0.25) is 0 Å². The van der Waals surface area contributed by atoms with Crippen LogP contribution >= 0.6 is 23.1 Å². The first-order valence-electron chi connectivity index (χ1n) is 5.54. The Morgan fingerprint density at radius 3 is 2.83 bits per heavy atom. The monoisotopic (exact) mass is 289 g/mol. The van der Waals surface area contributed by atoms with Gasteiger partial charge in [-0.15, -0.1) is 23.1 Å². The van der Waals surface area contributed by atoms with Crippen molar-refractivity contribution >= 4 is 35.0 Å². The molecule has 1 heterocycles. The van der Waals surface area contributed by atoms with E-state index in [4.69, 9.17) is 9.84 Å². The number of carboxylic acid groups (broad SMARTS) is 1. The molecule has 1 unspecified atom stereocenters. The number of hydrogen-bond acceptors (Lipinski definition) is 6. The average molecular weight is 289 g/mol. The number of carboxylic acids is 1. The van der Waals surface area contributed by atoms with Crippen molar-refractivity contribution in [3.05, 3.63) is 16.1 Å². The number of nitrogens with zero attached hydrogens (tertiary/aromatic N) is 1. The highest BCUT2D eigenvalue weighted by atomic mass is 32.2. The van der Waals surface area contributed by atoms with E-state index in [0.29, 0.717) is 29.5 Å². The fourth-order valence-corrected chi connectivity index (χ4v) is 2.92. The number of thioether (sulfide) groups is 1. The molecular formula is C11H15NO4S2. The predicted octanol–water partition coefficient (Wildman–Crippen LogP) is 2.42. The number of hydrogen-bond donors (Lipinski definition) is 1. The molecule has 0 radical (unpaired) electrons. The molecule has 1 aromatic heterocycles. The van der Waals surface area contributed by atoms with E-state index in [-0.39, 0.29) is 0 Å². The standard InChI is InChI=1S/C11H15NO4S2/c1-3-8(10(13)14)17-5-7-6-18-9(12-7)11(15)16-4-2/h6,8H,3-5H2,1-2H3,(H,13,14). The summed E-state index contributed by atoms with van der Waals surface area (Å²) in [6.07, 6.45) is 0.564. The lowest BCUT2D eigenvalue weighted by molar-refractivity contribution is -0.136. The van der Waals surface area contributed by atoms with Crippen molar-refractivity contribution in [2.45, 2.75) is 31.3 Å². The lowest BCUT2D eigenvalue weighted by atomic mass is 10.3. The molecule has 0 fully saturated rings. The Kier molecular flexibility index (Phi) is 6.14. The van der Waals surface area contributed by atoms with E-state index in [9.17, 15) is 9.59 Å². The van der Waals surface area contributed by atoms with E-state index in [1.807, 2.05) is 6.92 Å². The summed E-state index contributed by atoms with van der Waals surface area (Å²) in [6, 6.07) is 0. The summed E-state index contributed by atoms with van der Waals surface area (Å²) < 4.78 is 4.83. The molecule has 1 rings (SSSR count).